The summed E-state index contributed by atoms with van der Waals surface area (Å²) in [6, 6.07) is 19.0. The van der Waals surface area contributed by atoms with E-state index >= 15 is 0 Å². The molecule has 1 heterocycles. The SMILES string of the molecule is Cc1ccc(N(CCCC(=O)Nc2ccc3c(c2)oc2ccccc23)S(C)(=O)=O)cc1C. The van der Waals surface area contributed by atoms with E-state index in [1.807, 2.05) is 68.4 Å². The molecule has 1 aromatic heterocycles. The van der Waals surface area contributed by atoms with Crippen LogP contribution in [0.2, 0.25) is 0 Å². The van der Waals surface area contributed by atoms with Gasteiger partial charge in [0.15, 0.2) is 0 Å². The van der Waals surface area contributed by atoms with Crippen LogP contribution in [0.25, 0.3) is 21.9 Å². The number of para-hydroxylation sites is 1. The molecule has 0 unspecified atom stereocenters. The smallest absolute Gasteiger partial charge is 0.232 e. The molecule has 4 aromatic rings. The standard InChI is InChI=1S/C25H26N2O4S/c1-17-10-12-20(15-18(17)2)27(32(3,29)30)14-6-9-25(28)26-19-11-13-22-21-7-4-5-8-23(21)31-24(22)16-19/h4-5,7-8,10-13,15-16H,6,9,14H2,1-3H3,(H,26,28). The quantitative estimate of drug-likeness (QED) is 0.409. The zero-order chi connectivity index (χ0) is 22.9. The van der Waals surface area contributed by atoms with Crippen molar-refractivity contribution >= 4 is 49.2 Å². The Labute approximate surface area is 187 Å². The molecule has 32 heavy (non-hydrogen) atoms. The summed E-state index contributed by atoms with van der Waals surface area (Å²) in [6.45, 7) is 4.17. The fourth-order valence-corrected chi connectivity index (χ4v) is 4.73. The van der Waals surface area contributed by atoms with E-state index in [2.05, 4.69) is 5.32 Å². The first-order valence-electron chi connectivity index (χ1n) is 10.5. The van der Waals surface area contributed by atoms with E-state index in [1.54, 1.807) is 6.07 Å². The highest BCUT2D eigenvalue weighted by molar-refractivity contribution is 7.92. The van der Waals surface area contributed by atoms with Gasteiger partial charge in [-0.25, -0.2) is 8.42 Å². The van der Waals surface area contributed by atoms with Crippen molar-refractivity contribution in [2.45, 2.75) is 26.7 Å². The first-order valence-corrected chi connectivity index (χ1v) is 12.3. The summed E-state index contributed by atoms with van der Waals surface area (Å²) < 4.78 is 31.8. The molecule has 0 spiro atoms. The summed E-state index contributed by atoms with van der Waals surface area (Å²) in [5.41, 5.74) is 4.90. The Bertz CT molecular complexity index is 1410. The Morgan fingerprint density at radius 1 is 0.938 bits per heavy atom. The van der Waals surface area contributed by atoms with Crippen molar-refractivity contribution in [2.75, 3.05) is 22.4 Å². The molecule has 6 nitrogen and oxygen atoms in total. The van der Waals surface area contributed by atoms with Crippen molar-refractivity contribution in [1.29, 1.82) is 0 Å². The largest absolute Gasteiger partial charge is 0.456 e. The first-order chi connectivity index (χ1) is 15.2. The number of aryl methyl sites for hydroxylation is 2. The van der Waals surface area contributed by atoms with Crippen LogP contribution in [0, 0.1) is 13.8 Å². The molecule has 0 bridgehead atoms. The number of hydrogen-bond donors (Lipinski definition) is 1. The zero-order valence-electron chi connectivity index (χ0n) is 18.4. The number of rotatable bonds is 7. The number of nitrogens with one attached hydrogen (secondary N) is 1. The molecule has 0 atom stereocenters. The molecule has 0 fully saturated rings. The zero-order valence-corrected chi connectivity index (χ0v) is 19.2. The maximum absolute atomic E-state index is 12.5. The summed E-state index contributed by atoms with van der Waals surface area (Å²) >= 11 is 0. The Hall–Kier alpha value is -3.32. The molecule has 0 saturated heterocycles. The normalized spacial score (nSPS) is 11.7. The predicted molar refractivity (Wildman–Crippen MR) is 130 cm³/mol. The molecule has 0 saturated carbocycles. The minimum absolute atomic E-state index is 0.172. The second kappa shape index (κ2) is 8.67. The number of benzene rings is 3. The number of sulfonamides is 1. The molecule has 0 aliphatic heterocycles. The molecule has 0 aliphatic carbocycles. The highest BCUT2D eigenvalue weighted by atomic mass is 32.2. The highest BCUT2D eigenvalue weighted by Gasteiger charge is 2.18. The summed E-state index contributed by atoms with van der Waals surface area (Å²) in [5.74, 6) is -0.172. The fraction of sp³-hybridized carbons (Fsp3) is 0.240. The average molecular weight is 451 g/mol. The molecule has 0 aliphatic rings. The van der Waals surface area contributed by atoms with Crippen LogP contribution in [0.1, 0.15) is 24.0 Å². The van der Waals surface area contributed by atoms with Crippen molar-refractivity contribution in [3.63, 3.8) is 0 Å². The number of nitrogens with zero attached hydrogens (tertiary/aromatic N) is 1. The van der Waals surface area contributed by atoms with Gasteiger partial charge in [-0.1, -0.05) is 24.3 Å². The minimum Gasteiger partial charge on any atom is -0.456 e. The van der Waals surface area contributed by atoms with Gasteiger partial charge in [-0.2, -0.15) is 0 Å². The maximum Gasteiger partial charge on any atom is 0.232 e. The number of hydrogen-bond acceptors (Lipinski definition) is 4. The van der Waals surface area contributed by atoms with Gasteiger partial charge < -0.3 is 9.73 Å². The highest BCUT2D eigenvalue weighted by Crippen LogP contribution is 2.30. The molecule has 1 amide bonds. The summed E-state index contributed by atoms with van der Waals surface area (Å²) in [4.78, 5) is 12.5. The van der Waals surface area contributed by atoms with Crippen LogP contribution in [0.3, 0.4) is 0 Å². The van der Waals surface area contributed by atoms with Crippen molar-refractivity contribution in [1.82, 2.24) is 0 Å². The molecule has 3 aromatic carbocycles. The van der Waals surface area contributed by atoms with Gasteiger partial charge in [0.2, 0.25) is 15.9 Å². The van der Waals surface area contributed by atoms with Gasteiger partial charge in [-0.05, 0) is 61.7 Å². The maximum atomic E-state index is 12.5. The number of carbonyl (C=O) groups excluding carboxylic acids is 1. The molecular formula is C25H26N2O4S. The van der Waals surface area contributed by atoms with Crippen LogP contribution >= 0.6 is 0 Å². The molecule has 1 N–H and O–H groups in total. The van der Waals surface area contributed by atoms with Crippen molar-refractivity contribution < 1.29 is 17.6 Å². The third-order valence-corrected chi connectivity index (χ3v) is 6.80. The molecular weight excluding hydrogens is 424 g/mol. The lowest BCUT2D eigenvalue weighted by Gasteiger charge is -2.23. The van der Waals surface area contributed by atoms with E-state index < -0.39 is 10.0 Å². The van der Waals surface area contributed by atoms with Gasteiger partial charge in [0.25, 0.3) is 0 Å². The van der Waals surface area contributed by atoms with Crippen LogP contribution in [0.15, 0.2) is 65.1 Å². The lowest BCUT2D eigenvalue weighted by Crippen LogP contribution is -2.31. The van der Waals surface area contributed by atoms with Crippen LogP contribution in [-0.2, 0) is 14.8 Å². The number of carbonyl (C=O) groups is 1. The lowest BCUT2D eigenvalue weighted by molar-refractivity contribution is -0.116. The molecule has 0 radical (unpaired) electrons. The van der Waals surface area contributed by atoms with E-state index in [9.17, 15) is 13.2 Å². The third-order valence-electron chi connectivity index (χ3n) is 5.61. The predicted octanol–water partition coefficient (Wildman–Crippen LogP) is 5.39. The molecule has 4 rings (SSSR count). The van der Waals surface area contributed by atoms with Crippen molar-refractivity contribution in [3.8, 4) is 0 Å². The minimum atomic E-state index is -3.45. The van der Waals surface area contributed by atoms with E-state index in [1.165, 1.54) is 10.6 Å². The Morgan fingerprint density at radius 2 is 1.69 bits per heavy atom. The van der Waals surface area contributed by atoms with E-state index in [0.29, 0.717) is 23.4 Å². The van der Waals surface area contributed by atoms with Crippen LogP contribution in [0.4, 0.5) is 11.4 Å². The lowest BCUT2D eigenvalue weighted by atomic mass is 10.1. The van der Waals surface area contributed by atoms with Gasteiger partial charge in [0, 0.05) is 35.5 Å². The van der Waals surface area contributed by atoms with Crippen molar-refractivity contribution in [2.24, 2.45) is 0 Å². The van der Waals surface area contributed by atoms with Crippen LogP contribution < -0.4 is 9.62 Å². The summed E-state index contributed by atoms with van der Waals surface area (Å²) in [7, 11) is -3.45. The van der Waals surface area contributed by atoms with Gasteiger partial charge >= 0.3 is 0 Å². The first kappa shape index (κ1) is 21.9. The van der Waals surface area contributed by atoms with Gasteiger partial charge in [0.1, 0.15) is 11.2 Å². The van der Waals surface area contributed by atoms with Crippen molar-refractivity contribution in [3.05, 3.63) is 71.8 Å². The number of anilines is 2. The number of fused-ring (bicyclic) bond motifs is 3. The van der Waals surface area contributed by atoms with Crippen LogP contribution in [0.5, 0.6) is 0 Å². The Kier molecular flexibility index (Phi) is 5.93. The Balaban J connectivity index is 1.41. The van der Waals surface area contributed by atoms with Gasteiger partial charge in [-0.15, -0.1) is 0 Å². The average Bonchev–Trinajstić information content (AvgIpc) is 3.10. The van der Waals surface area contributed by atoms with Gasteiger partial charge in [0.05, 0.1) is 11.9 Å². The second-order valence-corrected chi connectivity index (χ2v) is 9.97. The summed E-state index contributed by atoms with van der Waals surface area (Å²) in [5, 5.41) is 4.91. The Morgan fingerprint density at radius 3 is 2.44 bits per heavy atom. The number of furan rings is 1. The second-order valence-electron chi connectivity index (χ2n) is 8.06. The third kappa shape index (κ3) is 4.62. The topological polar surface area (TPSA) is 79.6 Å². The molecule has 166 valence electrons. The van der Waals surface area contributed by atoms with Crippen LogP contribution in [-0.4, -0.2) is 27.1 Å². The number of amides is 1. The fourth-order valence-electron chi connectivity index (χ4n) is 3.78. The van der Waals surface area contributed by atoms with E-state index in [0.717, 1.165) is 27.5 Å². The van der Waals surface area contributed by atoms with Gasteiger partial charge in [-0.3, -0.25) is 9.10 Å². The molecule has 7 heteroatoms. The monoisotopic (exact) mass is 450 g/mol. The van der Waals surface area contributed by atoms with E-state index in [4.69, 9.17) is 4.42 Å². The van der Waals surface area contributed by atoms with E-state index in [-0.39, 0.29) is 18.9 Å². The summed E-state index contributed by atoms with van der Waals surface area (Å²) in [6.07, 6.45) is 1.79.